The van der Waals surface area contributed by atoms with Gasteiger partial charge in [-0.3, -0.25) is 4.98 Å². The number of nitrogens with zero attached hydrogens (tertiary/aromatic N) is 3. The number of pyridine rings is 2. The van der Waals surface area contributed by atoms with Crippen molar-refractivity contribution in [1.82, 2.24) is 9.97 Å². The van der Waals surface area contributed by atoms with Gasteiger partial charge >= 0.3 is 0 Å². The average molecular weight is 534 g/mol. The van der Waals surface area contributed by atoms with Crippen molar-refractivity contribution >= 4 is 21.2 Å². The molecule has 0 atom stereocenters. The Labute approximate surface area is 223 Å². The predicted octanol–water partition coefficient (Wildman–Crippen LogP) is 5.82. The predicted molar refractivity (Wildman–Crippen MR) is 147 cm³/mol. The number of methoxy groups -OCH3 is 1. The Morgan fingerprint density at radius 2 is 1.79 bits per heavy atom. The molecule has 4 rings (SSSR count). The molecule has 9 heteroatoms. The molecule has 38 heavy (non-hydrogen) atoms. The number of ether oxygens (including phenoxy) is 1. The van der Waals surface area contributed by atoms with Gasteiger partial charge in [-0.15, -0.1) is 0 Å². The minimum Gasteiger partial charge on any atom is -0.504 e. The summed E-state index contributed by atoms with van der Waals surface area (Å²) in [6.07, 6.45) is 5.46. The van der Waals surface area contributed by atoms with E-state index in [9.17, 15) is 18.6 Å². The normalized spacial score (nSPS) is 11.4. The Balaban J connectivity index is 1.83. The summed E-state index contributed by atoms with van der Waals surface area (Å²) in [5.41, 5.74) is 3.98. The molecule has 2 aromatic heterocycles. The van der Waals surface area contributed by atoms with E-state index in [1.807, 2.05) is 26.0 Å². The van der Waals surface area contributed by atoms with Crippen molar-refractivity contribution < 1.29 is 23.4 Å². The molecule has 0 aliphatic rings. The molecule has 0 amide bonds. The van der Waals surface area contributed by atoms with Crippen LogP contribution >= 0.6 is 0 Å². The molecule has 0 fully saturated rings. The van der Waals surface area contributed by atoms with Gasteiger partial charge in [0.1, 0.15) is 11.4 Å². The highest BCUT2D eigenvalue weighted by Crippen LogP contribution is 2.45. The molecule has 0 bridgehead atoms. The second-order valence-corrected chi connectivity index (χ2v) is 10.9. The molecule has 0 unspecified atom stereocenters. The van der Waals surface area contributed by atoms with Gasteiger partial charge in [0, 0.05) is 31.2 Å². The minimum atomic E-state index is -4.32. The first kappa shape index (κ1) is 26.9. The van der Waals surface area contributed by atoms with E-state index >= 15 is 0 Å². The summed E-state index contributed by atoms with van der Waals surface area (Å²) < 4.78 is 32.8. The molecular weight excluding hydrogens is 502 g/mol. The number of hydrogen-bond acceptors (Lipinski definition) is 8. The summed E-state index contributed by atoms with van der Waals surface area (Å²) in [6, 6.07) is 15.3. The SMILES string of the molecule is CCCCc1nc(O)c(S(=O)(=O)c2ccc(-c3ccncc3C)cc2)c(O)c1N(C)c1cccc(OC)c1. The van der Waals surface area contributed by atoms with Crippen molar-refractivity contribution in [3.8, 4) is 28.5 Å². The van der Waals surface area contributed by atoms with Crippen molar-refractivity contribution in [2.45, 2.75) is 42.9 Å². The quantitative estimate of drug-likeness (QED) is 0.277. The maximum Gasteiger partial charge on any atom is 0.234 e. The molecule has 0 saturated heterocycles. The largest absolute Gasteiger partial charge is 0.504 e. The van der Waals surface area contributed by atoms with Gasteiger partial charge in [0.2, 0.25) is 15.7 Å². The molecule has 198 valence electrons. The number of hydrogen-bond donors (Lipinski definition) is 2. The zero-order chi connectivity index (χ0) is 27.4. The molecule has 8 nitrogen and oxygen atoms in total. The van der Waals surface area contributed by atoms with E-state index in [4.69, 9.17) is 4.74 Å². The summed E-state index contributed by atoms with van der Waals surface area (Å²) in [7, 11) is -1.06. The lowest BCUT2D eigenvalue weighted by molar-refractivity contribution is 0.405. The third-order valence-electron chi connectivity index (χ3n) is 6.46. The van der Waals surface area contributed by atoms with E-state index in [0.717, 1.165) is 29.5 Å². The van der Waals surface area contributed by atoms with Gasteiger partial charge in [-0.05, 0) is 66.8 Å². The van der Waals surface area contributed by atoms with Gasteiger partial charge in [0.05, 0.1) is 17.7 Å². The standard InChI is InChI=1S/C29H31N3O5S/c1-5-6-10-25-26(32(3)21-8-7-9-22(17-21)37-4)27(33)28(29(34)31-25)38(35,36)23-13-11-20(12-14-23)24-15-16-30-18-19(24)2/h7-9,11-18H,5-6,10H2,1-4H3,(H2,31,33,34). The lowest BCUT2D eigenvalue weighted by atomic mass is 10.0. The van der Waals surface area contributed by atoms with E-state index in [1.165, 1.54) is 12.1 Å². The first-order chi connectivity index (χ1) is 18.2. The van der Waals surface area contributed by atoms with Crippen LogP contribution in [0.15, 0.2) is 76.8 Å². The van der Waals surface area contributed by atoms with Crippen LogP contribution in [0.3, 0.4) is 0 Å². The van der Waals surface area contributed by atoms with Crippen LogP contribution in [0.4, 0.5) is 11.4 Å². The Morgan fingerprint density at radius 1 is 1.05 bits per heavy atom. The van der Waals surface area contributed by atoms with Gasteiger partial charge in [-0.1, -0.05) is 31.5 Å². The molecule has 0 aliphatic carbocycles. The van der Waals surface area contributed by atoms with Gasteiger partial charge in [-0.2, -0.15) is 0 Å². The highest BCUT2D eigenvalue weighted by molar-refractivity contribution is 7.91. The van der Waals surface area contributed by atoms with E-state index in [-0.39, 0.29) is 10.6 Å². The van der Waals surface area contributed by atoms with Crippen molar-refractivity contribution in [2.24, 2.45) is 0 Å². The number of aryl methyl sites for hydroxylation is 2. The van der Waals surface area contributed by atoms with Crippen LogP contribution in [-0.4, -0.2) is 42.8 Å². The lowest BCUT2D eigenvalue weighted by Gasteiger charge is -2.25. The van der Waals surface area contributed by atoms with Crippen molar-refractivity contribution in [3.05, 3.63) is 78.2 Å². The average Bonchev–Trinajstić information content (AvgIpc) is 2.91. The molecule has 2 N–H and O–H groups in total. The van der Waals surface area contributed by atoms with Crippen LogP contribution in [0.5, 0.6) is 17.4 Å². The number of benzene rings is 2. The molecular formula is C29H31N3O5S. The van der Waals surface area contributed by atoms with Gasteiger partial charge < -0.3 is 19.8 Å². The van der Waals surface area contributed by atoms with Crippen LogP contribution in [0, 0.1) is 6.92 Å². The number of anilines is 2. The fourth-order valence-corrected chi connectivity index (χ4v) is 5.74. The fourth-order valence-electron chi connectivity index (χ4n) is 4.38. The first-order valence-electron chi connectivity index (χ1n) is 12.3. The molecule has 0 radical (unpaired) electrons. The van der Waals surface area contributed by atoms with Crippen LogP contribution in [-0.2, 0) is 16.3 Å². The topological polar surface area (TPSA) is 113 Å². The second-order valence-electron chi connectivity index (χ2n) is 8.99. The molecule has 0 spiro atoms. The Morgan fingerprint density at radius 3 is 2.45 bits per heavy atom. The maximum absolute atomic E-state index is 13.7. The molecule has 0 aliphatic heterocycles. The van der Waals surface area contributed by atoms with Crippen LogP contribution < -0.4 is 9.64 Å². The van der Waals surface area contributed by atoms with Crippen molar-refractivity contribution in [1.29, 1.82) is 0 Å². The number of unbranched alkanes of at least 4 members (excludes halogenated alkanes) is 1. The number of aromatic nitrogens is 2. The van der Waals surface area contributed by atoms with E-state index in [1.54, 1.807) is 61.8 Å². The molecule has 4 aromatic rings. The highest BCUT2D eigenvalue weighted by atomic mass is 32.2. The van der Waals surface area contributed by atoms with Crippen LogP contribution in [0.2, 0.25) is 0 Å². The van der Waals surface area contributed by atoms with Crippen molar-refractivity contribution in [3.63, 3.8) is 0 Å². The fraction of sp³-hybridized carbons (Fsp3) is 0.241. The van der Waals surface area contributed by atoms with Gasteiger partial charge in [0.25, 0.3) is 0 Å². The Bertz CT molecular complexity index is 1550. The van der Waals surface area contributed by atoms with Gasteiger partial charge in [0.15, 0.2) is 10.6 Å². The molecule has 0 saturated carbocycles. The first-order valence-corrected chi connectivity index (χ1v) is 13.8. The molecule has 2 aromatic carbocycles. The van der Waals surface area contributed by atoms with E-state index in [0.29, 0.717) is 23.6 Å². The molecule has 2 heterocycles. The number of aromatic hydroxyl groups is 2. The third kappa shape index (κ3) is 5.15. The lowest BCUT2D eigenvalue weighted by Crippen LogP contribution is -2.16. The van der Waals surface area contributed by atoms with Crippen LogP contribution in [0.1, 0.15) is 31.0 Å². The third-order valence-corrected chi connectivity index (χ3v) is 8.27. The summed E-state index contributed by atoms with van der Waals surface area (Å²) in [5, 5.41) is 22.2. The number of rotatable bonds is 9. The summed E-state index contributed by atoms with van der Waals surface area (Å²) in [5.74, 6) is -0.679. The van der Waals surface area contributed by atoms with Crippen LogP contribution in [0.25, 0.3) is 11.1 Å². The number of sulfone groups is 1. The monoisotopic (exact) mass is 533 g/mol. The van der Waals surface area contributed by atoms with Crippen molar-refractivity contribution in [2.75, 3.05) is 19.1 Å². The highest BCUT2D eigenvalue weighted by Gasteiger charge is 2.32. The summed E-state index contributed by atoms with van der Waals surface area (Å²) >= 11 is 0. The maximum atomic E-state index is 13.7. The second kappa shape index (κ2) is 11.1. The Hall–Kier alpha value is -4.11. The zero-order valence-electron chi connectivity index (χ0n) is 21.8. The smallest absolute Gasteiger partial charge is 0.234 e. The van der Waals surface area contributed by atoms with E-state index in [2.05, 4.69) is 9.97 Å². The summed E-state index contributed by atoms with van der Waals surface area (Å²) in [6.45, 7) is 3.94. The minimum absolute atomic E-state index is 0.0725. The zero-order valence-corrected chi connectivity index (χ0v) is 22.7. The van der Waals surface area contributed by atoms with E-state index < -0.39 is 26.4 Å². The summed E-state index contributed by atoms with van der Waals surface area (Å²) in [4.78, 5) is 9.32. The Kier molecular flexibility index (Phi) is 7.87. The van der Waals surface area contributed by atoms with Gasteiger partial charge in [-0.25, -0.2) is 13.4 Å².